The van der Waals surface area contributed by atoms with Crippen molar-refractivity contribution >= 4 is 22.5 Å². The lowest BCUT2D eigenvalue weighted by Crippen LogP contribution is -2.41. The van der Waals surface area contributed by atoms with Gasteiger partial charge >= 0.3 is 0 Å². The second-order valence-corrected chi connectivity index (χ2v) is 5.98. The summed E-state index contributed by atoms with van der Waals surface area (Å²) in [6.07, 6.45) is 0. The molecule has 0 unspecified atom stereocenters. The van der Waals surface area contributed by atoms with Crippen LogP contribution in [0.1, 0.15) is 26.5 Å². The highest BCUT2D eigenvalue weighted by atomic mass is 16.1. The van der Waals surface area contributed by atoms with Gasteiger partial charge in [0, 0.05) is 16.6 Å². The van der Waals surface area contributed by atoms with E-state index in [9.17, 15) is 4.79 Å². The van der Waals surface area contributed by atoms with Gasteiger partial charge in [0.1, 0.15) is 0 Å². The maximum Gasteiger partial charge on any atom is 0.238 e. The first kappa shape index (κ1) is 14.5. The number of amides is 1. The highest BCUT2D eigenvalue weighted by Gasteiger charge is 2.12. The molecule has 0 spiro atoms. The standard InChI is InChI=1S/C16H21N3O/c1-11-8-9-12-6-5-7-13(15(12)18-11)19-14(20)10-17-16(2,3)4/h5-9,17H,10H2,1-4H3,(H,19,20). The molecule has 0 saturated heterocycles. The van der Waals surface area contributed by atoms with Gasteiger partial charge in [0.25, 0.3) is 0 Å². The summed E-state index contributed by atoms with van der Waals surface area (Å²) in [7, 11) is 0. The van der Waals surface area contributed by atoms with Gasteiger partial charge in [-0.2, -0.15) is 0 Å². The Bertz CT molecular complexity index is 629. The molecule has 0 aliphatic heterocycles. The molecule has 106 valence electrons. The Morgan fingerprint density at radius 3 is 2.65 bits per heavy atom. The first-order chi connectivity index (χ1) is 9.35. The fraction of sp³-hybridized carbons (Fsp3) is 0.375. The van der Waals surface area contributed by atoms with E-state index in [1.807, 2.05) is 58.0 Å². The number of aryl methyl sites for hydroxylation is 1. The summed E-state index contributed by atoms with van der Waals surface area (Å²) in [5.41, 5.74) is 2.45. The zero-order chi connectivity index (χ0) is 14.8. The number of carbonyl (C=O) groups is 1. The third-order valence-corrected chi connectivity index (χ3v) is 2.91. The van der Waals surface area contributed by atoms with Gasteiger partial charge in [0.2, 0.25) is 5.91 Å². The maximum absolute atomic E-state index is 12.0. The van der Waals surface area contributed by atoms with Crippen LogP contribution in [0.15, 0.2) is 30.3 Å². The summed E-state index contributed by atoms with van der Waals surface area (Å²) >= 11 is 0. The lowest BCUT2D eigenvalue weighted by Gasteiger charge is -2.20. The number of nitrogens with zero attached hydrogens (tertiary/aromatic N) is 1. The van der Waals surface area contributed by atoms with Crippen molar-refractivity contribution in [2.24, 2.45) is 0 Å². The topological polar surface area (TPSA) is 54.0 Å². The van der Waals surface area contributed by atoms with Gasteiger partial charge in [0.15, 0.2) is 0 Å². The van der Waals surface area contributed by atoms with Crippen molar-refractivity contribution < 1.29 is 4.79 Å². The number of benzene rings is 1. The predicted molar refractivity (Wildman–Crippen MR) is 82.9 cm³/mol. The monoisotopic (exact) mass is 271 g/mol. The van der Waals surface area contributed by atoms with Crippen molar-refractivity contribution in [1.82, 2.24) is 10.3 Å². The third kappa shape index (κ3) is 3.78. The molecule has 1 heterocycles. The molecule has 2 aromatic rings. The highest BCUT2D eigenvalue weighted by Crippen LogP contribution is 2.21. The summed E-state index contributed by atoms with van der Waals surface area (Å²) in [5, 5.41) is 7.11. The van der Waals surface area contributed by atoms with E-state index in [2.05, 4.69) is 15.6 Å². The van der Waals surface area contributed by atoms with Gasteiger partial charge in [-0.25, -0.2) is 0 Å². The Morgan fingerprint density at radius 1 is 1.20 bits per heavy atom. The molecule has 2 N–H and O–H groups in total. The van der Waals surface area contributed by atoms with E-state index in [4.69, 9.17) is 0 Å². The van der Waals surface area contributed by atoms with Crippen LogP contribution in [-0.2, 0) is 4.79 Å². The average molecular weight is 271 g/mol. The minimum absolute atomic E-state index is 0.0595. The summed E-state index contributed by atoms with van der Waals surface area (Å²) < 4.78 is 0. The molecule has 0 atom stereocenters. The van der Waals surface area contributed by atoms with Crippen molar-refractivity contribution in [3.63, 3.8) is 0 Å². The zero-order valence-electron chi connectivity index (χ0n) is 12.4. The van der Waals surface area contributed by atoms with Crippen LogP contribution < -0.4 is 10.6 Å². The van der Waals surface area contributed by atoms with E-state index in [1.165, 1.54) is 0 Å². The van der Waals surface area contributed by atoms with Crippen LogP contribution >= 0.6 is 0 Å². The van der Waals surface area contributed by atoms with Crippen LogP contribution in [0.2, 0.25) is 0 Å². The van der Waals surface area contributed by atoms with Crippen LogP contribution in [0, 0.1) is 6.92 Å². The van der Waals surface area contributed by atoms with Crippen molar-refractivity contribution in [3.8, 4) is 0 Å². The van der Waals surface area contributed by atoms with Crippen LogP contribution in [0.25, 0.3) is 10.9 Å². The molecule has 0 fully saturated rings. The summed E-state index contributed by atoms with van der Waals surface area (Å²) in [6.45, 7) is 8.32. The molecule has 1 amide bonds. The minimum atomic E-state index is -0.0784. The smallest absolute Gasteiger partial charge is 0.238 e. The molecule has 20 heavy (non-hydrogen) atoms. The molecule has 1 aromatic heterocycles. The highest BCUT2D eigenvalue weighted by molar-refractivity contribution is 6.01. The Morgan fingerprint density at radius 2 is 1.95 bits per heavy atom. The number of hydrogen-bond donors (Lipinski definition) is 2. The van der Waals surface area contributed by atoms with E-state index in [0.29, 0.717) is 0 Å². The molecule has 1 aromatic carbocycles. The van der Waals surface area contributed by atoms with Gasteiger partial charge in [-0.05, 0) is 39.8 Å². The molecule has 0 radical (unpaired) electrons. The van der Waals surface area contributed by atoms with Gasteiger partial charge in [-0.3, -0.25) is 9.78 Å². The van der Waals surface area contributed by atoms with Gasteiger partial charge in [0.05, 0.1) is 17.7 Å². The van der Waals surface area contributed by atoms with Crippen LogP contribution in [0.5, 0.6) is 0 Å². The maximum atomic E-state index is 12.0. The van der Waals surface area contributed by atoms with Crippen molar-refractivity contribution in [1.29, 1.82) is 0 Å². The van der Waals surface area contributed by atoms with Crippen molar-refractivity contribution in [2.45, 2.75) is 33.2 Å². The van der Waals surface area contributed by atoms with Crippen molar-refractivity contribution in [2.75, 3.05) is 11.9 Å². The Hall–Kier alpha value is -1.94. The number of anilines is 1. The minimum Gasteiger partial charge on any atom is -0.323 e. The number of fused-ring (bicyclic) bond motifs is 1. The van der Waals surface area contributed by atoms with E-state index in [-0.39, 0.29) is 18.0 Å². The number of hydrogen-bond acceptors (Lipinski definition) is 3. The Balaban J connectivity index is 2.17. The van der Waals surface area contributed by atoms with E-state index >= 15 is 0 Å². The number of carbonyl (C=O) groups excluding carboxylic acids is 1. The Labute approximate surface area is 119 Å². The zero-order valence-corrected chi connectivity index (χ0v) is 12.4. The third-order valence-electron chi connectivity index (χ3n) is 2.91. The molecule has 0 aliphatic carbocycles. The van der Waals surface area contributed by atoms with Crippen LogP contribution in [0.4, 0.5) is 5.69 Å². The SMILES string of the molecule is Cc1ccc2cccc(NC(=O)CNC(C)(C)C)c2n1. The predicted octanol–water partition coefficient (Wildman–Crippen LogP) is 2.87. The largest absolute Gasteiger partial charge is 0.323 e. The van der Waals surface area contributed by atoms with Gasteiger partial charge in [-0.1, -0.05) is 18.2 Å². The van der Waals surface area contributed by atoms with Crippen LogP contribution in [-0.4, -0.2) is 23.0 Å². The van der Waals surface area contributed by atoms with E-state index in [0.717, 1.165) is 22.3 Å². The van der Waals surface area contributed by atoms with Crippen LogP contribution in [0.3, 0.4) is 0 Å². The molecule has 4 heteroatoms. The lowest BCUT2D eigenvalue weighted by molar-refractivity contribution is -0.115. The summed E-state index contributed by atoms with van der Waals surface area (Å²) in [6, 6.07) is 9.77. The van der Waals surface area contributed by atoms with E-state index < -0.39 is 0 Å². The van der Waals surface area contributed by atoms with Crippen molar-refractivity contribution in [3.05, 3.63) is 36.0 Å². The first-order valence-electron chi connectivity index (χ1n) is 6.76. The quantitative estimate of drug-likeness (QED) is 0.902. The first-order valence-corrected chi connectivity index (χ1v) is 6.76. The lowest BCUT2D eigenvalue weighted by atomic mass is 10.1. The molecular weight excluding hydrogens is 250 g/mol. The molecule has 2 rings (SSSR count). The summed E-state index contributed by atoms with van der Waals surface area (Å²) in [4.78, 5) is 16.5. The Kier molecular flexibility index (Phi) is 4.04. The molecule has 4 nitrogen and oxygen atoms in total. The molecule has 0 saturated carbocycles. The fourth-order valence-corrected chi connectivity index (χ4v) is 1.89. The molecular formula is C16H21N3O. The number of pyridine rings is 1. The van der Waals surface area contributed by atoms with E-state index in [1.54, 1.807) is 0 Å². The number of para-hydroxylation sites is 1. The normalized spacial score (nSPS) is 11.6. The summed E-state index contributed by atoms with van der Waals surface area (Å²) in [5.74, 6) is -0.0595. The van der Waals surface area contributed by atoms with Gasteiger partial charge < -0.3 is 10.6 Å². The number of rotatable bonds is 3. The molecule has 0 bridgehead atoms. The molecule has 0 aliphatic rings. The second kappa shape index (κ2) is 5.59. The number of nitrogens with one attached hydrogen (secondary N) is 2. The average Bonchev–Trinajstić information content (AvgIpc) is 2.36. The fourth-order valence-electron chi connectivity index (χ4n) is 1.89. The second-order valence-electron chi connectivity index (χ2n) is 5.98. The van der Waals surface area contributed by atoms with Gasteiger partial charge in [-0.15, -0.1) is 0 Å². The number of aromatic nitrogens is 1.